The van der Waals surface area contributed by atoms with Crippen molar-refractivity contribution in [3.8, 4) is 5.75 Å². The second-order valence-electron chi connectivity index (χ2n) is 6.23. The molecule has 0 aromatic heterocycles. The molecule has 1 aliphatic rings. The van der Waals surface area contributed by atoms with E-state index in [1.165, 1.54) is 0 Å². The van der Waals surface area contributed by atoms with Gasteiger partial charge in [0.15, 0.2) is 0 Å². The van der Waals surface area contributed by atoms with Gasteiger partial charge in [0.05, 0.1) is 13.0 Å². The van der Waals surface area contributed by atoms with E-state index in [2.05, 4.69) is 13.8 Å². The van der Waals surface area contributed by atoms with Gasteiger partial charge in [-0.25, -0.2) is 0 Å². The SMILES string of the molecule is COc1cccc(C2CC(C)(C)CCC2C(=O)O)c1. The lowest BCUT2D eigenvalue weighted by Crippen LogP contribution is -2.33. The van der Waals surface area contributed by atoms with Gasteiger partial charge in [0.25, 0.3) is 0 Å². The Morgan fingerprint density at radius 2 is 2.16 bits per heavy atom. The zero-order valence-electron chi connectivity index (χ0n) is 11.8. The minimum absolute atomic E-state index is 0.0800. The standard InChI is InChI=1S/C16H22O3/c1-16(2)8-7-13(15(17)18)14(10-16)11-5-4-6-12(9-11)19-3/h4-6,9,13-14H,7-8,10H2,1-3H3,(H,17,18). The summed E-state index contributed by atoms with van der Waals surface area (Å²) in [6.45, 7) is 4.44. The van der Waals surface area contributed by atoms with Crippen LogP contribution in [-0.2, 0) is 4.79 Å². The van der Waals surface area contributed by atoms with E-state index >= 15 is 0 Å². The number of hydrogen-bond acceptors (Lipinski definition) is 2. The third-order valence-electron chi connectivity index (χ3n) is 4.23. The van der Waals surface area contributed by atoms with Crippen LogP contribution in [0, 0.1) is 11.3 Å². The molecule has 2 unspecified atom stereocenters. The normalized spacial score (nSPS) is 25.8. The highest BCUT2D eigenvalue weighted by Crippen LogP contribution is 2.47. The average Bonchev–Trinajstić information content (AvgIpc) is 2.37. The second kappa shape index (κ2) is 5.24. The summed E-state index contributed by atoms with van der Waals surface area (Å²) in [7, 11) is 1.64. The molecule has 1 aromatic carbocycles. The number of carboxylic acids is 1. The van der Waals surface area contributed by atoms with Crippen molar-refractivity contribution in [1.29, 1.82) is 0 Å². The first-order valence-electron chi connectivity index (χ1n) is 6.80. The number of carbonyl (C=O) groups is 1. The van der Waals surface area contributed by atoms with Gasteiger partial charge in [0.1, 0.15) is 5.75 Å². The van der Waals surface area contributed by atoms with Gasteiger partial charge in [-0.15, -0.1) is 0 Å². The molecule has 0 amide bonds. The summed E-state index contributed by atoms with van der Waals surface area (Å²) in [6, 6.07) is 7.83. The Morgan fingerprint density at radius 3 is 2.79 bits per heavy atom. The van der Waals surface area contributed by atoms with Crippen molar-refractivity contribution in [1.82, 2.24) is 0 Å². The van der Waals surface area contributed by atoms with Gasteiger partial charge in [-0.05, 0) is 48.3 Å². The first kappa shape index (κ1) is 13.9. The van der Waals surface area contributed by atoms with Crippen molar-refractivity contribution in [3.63, 3.8) is 0 Å². The van der Waals surface area contributed by atoms with Crippen LogP contribution in [0.3, 0.4) is 0 Å². The topological polar surface area (TPSA) is 46.5 Å². The highest BCUT2D eigenvalue weighted by Gasteiger charge is 2.39. The molecule has 1 aliphatic carbocycles. The molecule has 0 heterocycles. The van der Waals surface area contributed by atoms with Crippen LogP contribution in [0.5, 0.6) is 5.75 Å². The molecule has 3 heteroatoms. The monoisotopic (exact) mass is 262 g/mol. The van der Waals surface area contributed by atoms with Crippen LogP contribution in [0.4, 0.5) is 0 Å². The van der Waals surface area contributed by atoms with Crippen LogP contribution in [0.25, 0.3) is 0 Å². The maximum absolute atomic E-state index is 11.5. The summed E-state index contributed by atoms with van der Waals surface area (Å²) >= 11 is 0. The van der Waals surface area contributed by atoms with Crippen molar-refractivity contribution >= 4 is 5.97 Å². The second-order valence-corrected chi connectivity index (χ2v) is 6.23. The van der Waals surface area contributed by atoms with Crippen LogP contribution in [0.2, 0.25) is 0 Å². The van der Waals surface area contributed by atoms with Gasteiger partial charge >= 0.3 is 5.97 Å². The number of aliphatic carboxylic acids is 1. The molecule has 1 N–H and O–H groups in total. The summed E-state index contributed by atoms with van der Waals surface area (Å²) in [5.74, 6) is -0.0789. The van der Waals surface area contributed by atoms with E-state index in [1.54, 1.807) is 7.11 Å². The average molecular weight is 262 g/mol. The summed E-state index contributed by atoms with van der Waals surface area (Å²) in [5.41, 5.74) is 1.29. The molecule has 3 nitrogen and oxygen atoms in total. The van der Waals surface area contributed by atoms with Gasteiger partial charge < -0.3 is 9.84 Å². The third kappa shape index (κ3) is 3.09. The largest absolute Gasteiger partial charge is 0.497 e. The highest BCUT2D eigenvalue weighted by atomic mass is 16.5. The van der Waals surface area contributed by atoms with Gasteiger partial charge in [-0.1, -0.05) is 26.0 Å². The molecular weight excluding hydrogens is 240 g/mol. The molecule has 2 rings (SSSR count). The lowest BCUT2D eigenvalue weighted by atomic mass is 9.65. The molecule has 104 valence electrons. The summed E-state index contributed by atoms with van der Waals surface area (Å²) in [6.07, 6.45) is 2.64. The molecular formula is C16H22O3. The Hall–Kier alpha value is -1.51. The fourth-order valence-corrected chi connectivity index (χ4v) is 3.10. The van der Waals surface area contributed by atoms with Crippen molar-refractivity contribution < 1.29 is 14.6 Å². The van der Waals surface area contributed by atoms with Crippen LogP contribution >= 0.6 is 0 Å². The van der Waals surface area contributed by atoms with E-state index in [0.717, 1.165) is 30.6 Å². The number of carboxylic acid groups (broad SMARTS) is 1. The van der Waals surface area contributed by atoms with E-state index < -0.39 is 5.97 Å². The summed E-state index contributed by atoms with van der Waals surface area (Å²) in [4.78, 5) is 11.5. The minimum atomic E-state index is -0.677. The molecule has 2 atom stereocenters. The predicted molar refractivity (Wildman–Crippen MR) is 74.5 cm³/mol. The van der Waals surface area contributed by atoms with E-state index in [1.807, 2.05) is 24.3 Å². The summed E-state index contributed by atoms with van der Waals surface area (Å²) < 4.78 is 5.25. The van der Waals surface area contributed by atoms with Crippen LogP contribution in [-0.4, -0.2) is 18.2 Å². The van der Waals surface area contributed by atoms with Crippen LogP contribution in [0.1, 0.15) is 44.6 Å². The molecule has 1 aromatic rings. The Bertz CT molecular complexity index is 465. The van der Waals surface area contributed by atoms with Gasteiger partial charge in [0.2, 0.25) is 0 Å². The van der Waals surface area contributed by atoms with Gasteiger partial charge in [0, 0.05) is 0 Å². The first-order valence-corrected chi connectivity index (χ1v) is 6.80. The Kier molecular flexibility index (Phi) is 3.83. The Balaban J connectivity index is 2.33. The van der Waals surface area contributed by atoms with Crippen molar-refractivity contribution in [2.75, 3.05) is 7.11 Å². The van der Waals surface area contributed by atoms with Crippen molar-refractivity contribution in [3.05, 3.63) is 29.8 Å². The lowest BCUT2D eigenvalue weighted by Gasteiger charge is -2.39. The lowest BCUT2D eigenvalue weighted by molar-refractivity contribution is -0.144. The van der Waals surface area contributed by atoms with E-state index in [4.69, 9.17) is 4.74 Å². The molecule has 0 spiro atoms. The third-order valence-corrected chi connectivity index (χ3v) is 4.23. The molecule has 0 bridgehead atoms. The van der Waals surface area contributed by atoms with E-state index in [9.17, 15) is 9.90 Å². The fraction of sp³-hybridized carbons (Fsp3) is 0.562. The predicted octanol–water partition coefficient (Wildman–Crippen LogP) is 3.69. The molecule has 1 saturated carbocycles. The fourth-order valence-electron chi connectivity index (χ4n) is 3.10. The van der Waals surface area contributed by atoms with E-state index in [-0.39, 0.29) is 17.3 Å². The number of methoxy groups -OCH3 is 1. The Labute approximate surface area is 114 Å². The quantitative estimate of drug-likeness (QED) is 0.903. The Morgan fingerprint density at radius 1 is 1.42 bits per heavy atom. The number of rotatable bonds is 3. The number of benzene rings is 1. The zero-order chi connectivity index (χ0) is 14.0. The minimum Gasteiger partial charge on any atom is -0.497 e. The smallest absolute Gasteiger partial charge is 0.307 e. The molecule has 19 heavy (non-hydrogen) atoms. The molecule has 1 fully saturated rings. The van der Waals surface area contributed by atoms with Crippen molar-refractivity contribution in [2.24, 2.45) is 11.3 Å². The maximum atomic E-state index is 11.5. The molecule has 0 radical (unpaired) electrons. The summed E-state index contributed by atoms with van der Waals surface area (Å²) in [5, 5.41) is 9.44. The zero-order valence-corrected chi connectivity index (χ0v) is 11.8. The highest BCUT2D eigenvalue weighted by molar-refractivity contribution is 5.71. The van der Waals surface area contributed by atoms with Gasteiger partial charge in [-0.3, -0.25) is 4.79 Å². The van der Waals surface area contributed by atoms with E-state index in [0.29, 0.717) is 0 Å². The molecule has 0 aliphatic heterocycles. The van der Waals surface area contributed by atoms with Crippen LogP contribution < -0.4 is 4.74 Å². The van der Waals surface area contributed by atoms with Gasteiger partial charge in [-0.2, -0.15) is 0 Å². The first-order chi connectivity index (χ1) is 8.93. The van der Waals surface area contributed by atoms with Crippen molar-refractivity contribution in [2.45, 2.75) is 39.0 Å². The maximum Gasteiger partial charge on any atom is 0.307 e. The number of ether oxygens (including phenoxy) is 1. The number of hydrogen-bond donors (Lipinski definition) is 1. The molecule has 0 saturated heterocycles. The van der Waals surface area contributed by atoms with Crippen LogP contribution in [0.15, 0.2) is 24.3 Å².